The Labute approximate surface area is 279 Å². The second kappa shape index (κ2) is 23.6. The number of halogens is 1. The summed E-state index contributed by atoms with van der Waals surface area (Å²) in [6.45, 7) is 29.2. The summed E-state index contributed by atoms with van der Waals surface area (Å²) in [7, 11) is 2.06. The van der Waals surface area contributed by atoms with E-state index in [1.807, 2.05) is 97.7 Å². The Morgan fingerprint density at radius 1 is 1.18 bits per heavy atom. The van der Waals surface area contributed by atoms with E-state index in [9.17, 15) is 4.79 Å². The van der Waals surface area contributed by atoms with E-state index in [0.29, 0.717) is 6.54 Å². The van der Waals surface area contributed by atoms with E-state index in [4.69, 9.17) is 10.00 Å². The molecule has 0 spiro atoms. The molecule has 2 rings (SSSR count). The molecule has 1 saturated heterocycles. The lowest BCUT2D eigenvalue weighted by Gasteiger charge is -2.42. The molecule has 0 bridgehead atoms. The standard InChI is InChI=1S/C22H36BrN3O2.C10H14N2.2C2H6/c1-9-11-12-24-17(4)20(19(23)10-2)18(5)25-13-14-26(16(3)15-25)21(27)28-22(6,7)8;1-3-4-10-7-9(8-11)5-6-12(10)2;2*1-2/h10-12,16H,9,13-15H2,1-8H3;5,7H,3-4,6H2,1-2H3;2*1-2H3/b12-11+,19-10+,20-18-,24-17+;;;. The van der Waals surface area contributed by atoms with E-state index in [1.54, 1.807) is 0 Å². The third-order valence-electron chi connectivity index (χ3n) is 6.59. The number of likely N-dealkylation sites (N-methyl/N-ethyl adjacent to an activating group) is 1. The molecule has 1 amide bonds. The summed E-state index contributed by atoms with van der Waals surface area (Å²) in [5, 5.41) is 8.68. The number of carbonyl (C=O) groups is 1. The Morgan fingerprint density at radius 3 is 2.27 bits per heavy atom. The Balaban J connectivity index is 0. The summed E-state index contributed by atoms with van der Waals surface area (Å²) < 4.78 is 6.58. The highest BCUT2D eigenvalue weighted by Gasteiger charge is 2.31. The monoisotopic (exact) mass is 675 g/mol. The third-order valence-corrected chi connectivity index (χ3v) is 7.44. The van der Waals surface area contributed by atoms with Gasteiger partial charge in [0.1, 0.15) is 5.60 Å². The van der Waals surface area contributed by atoms with E-state index in [2.05, 4.69) is 71.5 Å². The lowest BCUT2D eigenvalue weighted by molar-refractivity contribution is 0.00495. The third kappa shape index (κ3) is 15.8. The van der Waals surface area contributed by atoms with Crippen molar-refractivity contribution >= 4 is 27.7 Å². The molecule has 0 radical (unpaired) electrons. The van der Waals surface area contributed by atoms with Crippen LogP contribution in [0.4, 0.5) is 4.79 Å². The average Bonchev–Trinajstić information content (AvgIpc) is 2.99. The molecule has 0 N–H and O–H groups in total. The number of amides is 1. The van der Waals surface area contributed by atoms with Crippen LogP contribution in [0.1, 0.15) is 109 Å². The summed E-state index contributed by atoms with van der Waals surface area (Å²) in [5.41, 5.74) is 4.82. The number of hydrogen-bond donors (Lipinski definition) is 0. The Hall–Kier alpha value is -2.79. The van der Waals surface area contributed by atoms with Gasteiger partial charge in [-0.05, 0) is 73.5 Å². The van der Waals surface area contributed by atoms with E-state index < -0.39 is 5.60 Å². The lowest BCUT2D eigenvalue weighted by atomic mass is 10.1. The number of ether oxygens (including phenoxy) is 1. The topological polar surface area (TPSA) is 72.2 Å². The molecule has 0 aromatic rings. The van der Waals surface area contributed by atoms with Crippen molar-refractivity contribution < 1.29 is 9.53 Å². The maximum absolute atomic E-state index is 12.5. The molecular weight excluding hydrogens is 614 g/mol. The molecule has 0 aromatic heterocycles. The average molecular weight is 677 g/mol. The van der Waals surface area contributed by atoms with Crippen molar-refractivity contribution in [2.45, 2.75) is 121 Å². The number of nitriles is 1. The molecule has 1 atom stereocenters. The van der Waals surface area contributed by atoms with Gasteiger partial charge < -0.3 is 19.4 Å². The van der Waals surface area contributed by atoms with Gasteiger partial charge in [0.25, 0.3) is 0 Å². The normalized spacial score (nSPS) is 17.9. The van der Waals surface area contributed by atoms with Gasteiger partial charge in [0.05, 0.1) is 11.6 Å². The predicted octanol–water partition coefficient (Wildman–Crippen LogP) is 10.0. The van der Waals surface area contributed by atoms with Crippen molar-refractivity contribution in [3.8, 4) is 6.07 Å². The fraction of sp³-hybridized carbons (Fsp3) is 0.639. The molecule has 1 fully saturated rings. The molecule has 0 aliphatic carbocycles. The molecule has 2 aliphatic heterocycles. The van der Waals surface area contributed by atoms with Gasteiger partial charge in [-0.1, -0.05) is 76.0 Å². The Bertz CT molecular complexity index is 1090. The molecule has 2 heterocycles. The summed E-state index contributed by atoms with van der Waals surface area (Å²) in [5.74, 6) is 0. The number of piperazine rings is 1. The number of nitrogens with zero attached hydrogens (tertiary/aromatic N) is 5. The molecule has 0 aromatic carbocycles. The van der Waals surface area contributed by atoms with Crippen LogP contribution in [0.25, 0.3) is 0 Å². The van der Waals surface area contributed by atoms with Crippen molar-refractivity contribution in [1.82, 2.24) is 14.7 Å². The van der Waals surface area contributed by atoms with Gasteiger partial charge in [-0.2, -0.15) is 5.26 Å². The van der Waals surface area contributed by atoms with Crippen LogP contribution in [0.15, 0.2) is 62.5 Å². The number of carbonyl (C=O) groups excluding carboxylic acids is 1. The second-order valence-corrected chi connectivity index (χ2v) is 12.0. The number of aliphatic imine (C=N–C) groups is 1. The molecule has 2 aliphatic rings. The van der Waals surface area contributed by atoms with Gasteiger partial charge in [-0.25, -0.2) is 4.79 Å². The zero-order chi connectivity index (χ0) is 34.5. The first-order valence-corrected chi connectivity index (χ1v) is 17.1. The highest BCUT2D eigenvalue weighted by Crippen LogP contribution is 2.27. The summed E-state index contributed by atoms with van der Waals surface area (Å²) >= 11 is 3.69. The first kappa shape index (κ1) is 43.3. The molecular formula is C36H62BrN5O2. The zero-order valence-corrected chi connectivity index (χ0v) is 31.9. The smallest absolute Gasteiger partial charge is 0.410 e. The maximum Gasteiger partial charge on any atom is 0.410 e. The van der Waals surface area contributed by atoms with Gasteiger partial charge in [0.2, 0.25) is 0 Å². The van der Waals surface area contributed by atoms with Crippen molar-refractivity contribution in [3.05, 3.63) is 57.5 Å². The second-order valence-electron chi connectivity index (χ2n) is 11.1. The van der Waals surface area contributed by atoms with Crippen molar-refractivity contribution in [2.75, 3.05) is 33.2 Å². The number of rotatable bonds is 7. The fourth-order valence-electron chi connectivity index (χ4n) is 4.40. The highest BCUT2D eigenvalue weighted by molar-refractivity contribution is 9.12. The van der Waals surface area contributed by atoms with Gasteiger partial charge >= 0.3 is 6.09 Å². The molecule has 1 unspecified atom stereocenters. The Morgan fingerprint density at radius 2 is 1.80 bits per heavy atom. The summed E-state index contributed by atoms with van der Waals surface area (Å²) in [4.78, 5) is 23.4. The minimum Gasteiger partial charge on any atom is -0.444 e. The molecule has 250 valence electrons. The minimum absolute atomic E-state index is 0.0708. The van der Waals surface area contributed by atoms with Crippen LogP contribution in [-0.4, -0.2) is 71.4 Å². The first-order chi connectivity index (χ1) is 20.8. The molecule has 0 saturated carbocycles. The summed E-state index contributed by atoms with van der Waals surface area (Å²) in [6.07, 6.45) is 12.8. The van der Waals surface area contributed by atoms with Crippen LogP contribution in [-0.2, 0) is 4.74 Å². The summed E-state index contributed by atoms with van der Waals surface area (Å²) in [6, 6.07) is 2.24. The van der Waals surface area contributed by atoms with Gasteiger partial charge in [0, 0.05) is 72.6 Å². The largest absolute Gasteiger partial charge is 0.444 e. The van der Waals surface area contributed by atoms with E-state index >= 15 is 0 Å². The fourth-order valence-corrected chi connectivity index (χ4v) is 4.97. The van der Waals surface area contributed by atoms with Gasteiger partial charge in [0.15, 0.2) is 0 Å². The van der Waals surface area contributed by atoms with E-state index in [0.717, 1.165) is 65.9 Å². The van der Waals surface area contributed by atoms with Crippen LogP contribution in [0.5, 0.6) is 0 Å². The molecule has 7 nitrogen and oxygen atoms in total. The quantitative estimate of drug-likeness (QED) is 0.198. The maximum atomic E-state index is 12.5. The van der Waals surface area contributed by atoms with E-state index in [1.165, 1.54) is 5.70 Å². The van der Waals surface area contributed by atoms with Crippen LogP contribution in [0.3, 0.4) is 0 Å². The van der Waals surface area contributed by atoms with Crippen molar-refractivity contribution in [1.29, 1.82) is 5.26 Å². The van der Waals surface area contributed by atoms with Crippen LogP contribution < -0.4 is 0 Å². The predicted molar refractivity (Wildman–Crippen MR) is 194 cm³/mol. The van der Waals surface area contributed by atoms with Crippen molar-refractivity contribution in [2.24, 2.45) is 4.99 Å². The molecule has 44 heavy (non-hydrogen) atoms. The minimum atomic E-state index is -0.479. The molecule has 8 heteroatoms. The van der Waals surface area contributed by atoms with Gasteiger partial charge in [-0.3, -0.25) is 4.99 Å². The SMILES string of the molecule is CC.CC.CCCC1=CC(C#N)=CCN1C.C\C=C(Br)/C(=C(/C)N1CCN(C(=O)OC(C)(C)C)C(C)C1)C(/C)=N/C=C/CC. The van der Waals surface area contributed by atoms with Crippen LogP contribution in [0, 0.1) is 11.3 Å². The van der Waals surface area contributed by atoms with E-state index in [-0.39, 0.29) is 12.1 Å². The Kier molecular flexibility index (Phi) is 23.2. The van der Waals surface area contributed by atoms with Crippen LogP contribution >= 0.6 is 15.9 Å². The highest BCUT2D eigenvalue weighted by atomic mass is 79.9. The lowest BCUT2D eigenvalue weighted by Crippen LogP contribution is -2.54. The van der Waals surface area contributed by atoms with Crippen molar-refractivity contribution in [3.63, 3.8) is 0 Å². The number of hydrogen-bond acceptors (Lipinski definition) is 6. The zero-order valence-electron chi connectivity index (χ0n) is 30.3. The van der Waals surface area contributed by atoms with Crippen LogP contribution in [0.2, 0.25) is 0 Å². The first-order valence-electron chi connectivity index (χ1n) is 16.3. The van der Waals surface area contributed by atoms with Gasteiger partial charge in [-0.15, -0.1) is 0 Å². The number of allylic oxidation sites excluding steroid dienone is 8.